The van der Waals surface area contributed by atoms with Crippen molar-refractivity contribution in [2.45, 2.75) is 6.92 Å². The van der Waals surface area contributed by atoms with Crippen LogP contribution < -0.4 is 9.62 Å². The van der Waals surface area contributed by atoms with Crippen molar-refractivity contribution in [2.24, 2.45) is 0 Å². The summed E-state index contributed by atoms with van der Waals surface area (Å²) in [5.41, 5.74) is 1.49. The molecular formula is C16H16BrClN2O3S. The molecule has 0 aromatic heterocycles. The highest BCUT2D eigenvalue weighted by molar-refractivity contribution is 9.10. The van der Waals surface area contributed by atoms with Crippen molar-refractivity contribution >= 4 is 54.8 Å². The van der Waals surface area contributed by atoms with E-state index in [1.165, 1.54) is 11.4 Å². The summed E-state index contributed by atoms with van der Waals surface area (Å²) in [4.78, 5) is 12.2. The lowest BCUT2D eigenvalue weighted by molar-refractivity contribution is 0.102. The summed E-state index contributed by atoms with van der Waals surface area (Å²) >= 11 is 9.28. The van der Waals surface area contributed by atoms with Gasteiger partial charge in [-0.05, 0) is 65.3 Å². The van der Waals surface area contributed by atoms with Crippen LogP contribution in [0.5, 0.6) is 0 Å². The third-order valence-electron chi connectivity index (χ3n) is 3.45. The number of halogens is 2. The van der Waals surface area contributed by atoms with Gasteiger partial charge in [0.25, 0.3) is 5.91 Å². The van der Waals surface area contributed by atoms with Crippen LogP contribution in [0.1, 0.15) is 17.3 Å². The van der Waals surface area contributed by atoms with Gasteiger partial charge in [0.1, 0.15) is 0 Å². The van der Waals surface area contributed by atoms with Gasteiger partial charge in [0.15, 0.2) is 0 Å². The SMILES string of the molecule is CCS(=O)(=O)N(C)c1ccc(C(=O)Nc2ccc(Br)c(Cl)c2)cc1. The van der Waals surface area contributed by atoms with E-state index in [4.69, 9.17) is 11.6 Å². The zero-order chi connectivity index (χ0) is 17.9. The Kier molecular flexibility index (Phi) is 5.90. The van der Waals surface area contributed by atoms with E-state index in [9.17, 15) is 13.2 Å². The summed E-state index contributed by atoms with van der Waals surface area (Å²) in [7, 11) is -1.84. The Morgan fingerprint density at radius 1 is 1.21 bits per heavy atom. The fraction of sp³-hybridized carbons (Fsp3) is 0.188. The van der Waals surface area contributed by atoms with Crippen molar-refractivity contribution in [3.8, 4) is 0 Å². The number of amides is 1. The van der Waals surface area contributed by atoms with Gasteiger partial charge in [0.05, 0.1) is 16.5 Å². The zero-order valence-electron chi connectivity index (χ0n) is 13.1. The molecule has 0 aliphatic carbocycles. The van der Waals surface area contributed by atoms with Crippen LogP contribution in [0.4, 0.5) is 11.4 Å². The smallest absolute Gasteiger partial charge is 0.255 e. The second-order valence-corrected chi connectivity index (χ2v) is 8.55. The molecular weight excluding hydrogens is 416 g/mol. The first-order chi connectivity index (χ1) is 11.2. The molecule has 0 aliphatic heterocycles. The summed E-state index contributed by atoms with van der Waals surface area (Å²) < 4.78 is 25.6. The van der Waals surface area contributed by atoms with Crippen molar-refractivity contribution in [2.75, 3.05) is 22.4 Å². The monoisotopic (exact) mass is 430 g/mol. The topological polar surface area (TPSA) is 66.5 Å². The molecule has 1 amide bonds. The summed E-state index contributed by atoms with van der Waals surface area (Å²) in [6, 6.07) is 11.4. The number of hydrogen-bond donors (Lipinski definition) is 1. The molecule has 0 heterocycles. The molecule has 2 aromatic carbocycles. The maximum atomic E-state index is 12.2. The van der Waals surface area contributed by atoms with E-state index in [1.54, 1.807) is 49.4 Å². The summed E-state index contributed by atoms with van der Waals surface area (Å²) in [6.45, 7) is 1.58. The van der Waals surface area contributed by atoms with E-state index in [0.29, 0.717) is 22.0 Å². The van der Waals surface area contributed by atoms with Crippen molar-refractivity contribution in [3.05, 3.63) is 57.5 Å². The molecule has 0 radical (unpaired) electrons. The first-order valence-corrected chi connectivity index (χ1v) is 9.85. The molecule has 0 saturated heterocycles. The summed E-state index contributed by atoms with van der Waals surface area (Å²) in [5, 5.41) is 3.24. The molecule has 0 bridgehead atoms. The molecule has 0 aliphatic rings. The Hall–Kier alpha value is -1.57. The Morgan fingerprint density at radius 2 is 1.83 bits per heavy atom. The van der Waals surface area contributed by atoms with Crippen molar-refractivity contribution in [1.82, 2.24) is 0 Å². The third-order valence-corrected chi connectivity index (χ3v) is 6.46. The third kappa shape index (κ3) is 4.28. The normalized spacial score (nSPS) is 11.2. The average Bonchev–Trinajstić information content (AvgIpc) is 2.57. The predicted octanol–water partition coefficient (Wildman–Crippen LogP) is 4.14. The van der Waals surface area contributed by atoms with E-state index >= 15 is 0 Å². The maximum Gasteiger partial charge on any atom is 0.255 e. The number of nitrogens with one attached hydrogen (secondary N) is 1. The predicted molar refractivity (Wildman–Crippen MR) is 101 cm³/mol. The molecule has 2 rings (SSSR count). The van der Waals surface area contributed by atoms with Gasteiger partial charge in [-0.25, -0.2) is 8.42 Å². The van der Waals surface area contributed by atoms with Crippen LogP contribution in [0.25, 0.3) is 0 Å². The van der Waals surface area contributed by atoms with E-state index in [0.717, 1.165) is 4.47 Å². The largest absolute Gasteiger partial charge is 0.322 e. The first-order valence-electron chi connectivity index (χ1n) is 7.07. The summed E-state index contributed by atoms with van der Waals surface area (Å²) in [6.07, 6.45) is 0. The van der Waals surface area contributed by atoms with Gasteiger partial charge < -0.3 is 5.32 Å². The molecule has 1 N–H and O–H groups in total. The van der Waals surface area contributed by atoms with E-state index in [1.807, 2.05) is 0 Å². The molecule has 0 unspecified atom stereocenters. The number of benzene rings is 2. The van der Waals surface area contributed by atoms with Crippen molar-refractivity contribution in [3.63, 3.8) is 0 Å². The minimum Gasteiger partial charge on any atom is -0.322 e. The van der Waals surface area contributed by atoms with Crippen LogP contribution in [0, 0.1) is 0 Å². The van der Waals surface area contributed by atoms with Crippen LogP contribution in [0.3, 0.4) is 0 Å². The van der Waals surface area contributed by atoms with E-state index in [2.05, 4.69) is 21.2 Å². The van der Waals surface area contributed by atoms with Gasteiger partial charge in [0, 0.05) is 22.8 Å². The fourth-order valence-electron chi connectivity index (χ4n) is 1.95. The van der Waals surface area contributed by atoms with Crippen LogP contribution >= 0.6 is 27.5 Å². The minimum absolute atomic E-state index is 0.00998. The Morgan fingerprint density at radius 3 is 2.38 bits per heavy atom. The molecule has 0 spiro atoms. The molecule has 0 atom stereocenters. The van der Waals surface area contributed by atoms with Crippen molar-refractivity contribution < 1.29 is 13.2 Å². The molecule has 24 heavy (non-hydrogen) atoms. The Labute approximate surface area is 154 Å². The fourth-order valence-corrected chi connectivity index (χ4v) is 3.21. The molecule has 8 heteroatoms. The number of nitrogens with zero attached hydrogens (tertiary/aromatic N) is 1. The van der Waals surface area contributed by atoms with E-state index in [-0.39, 0.29) is 11.7 Å². The summed E-state index contributed by atoms with van der Waals surface area (Å²) in [5.74, 6) is -0.295. The van der Waals surface area contributed by atoms with Gasteiger partial charge in [-0.3, -0.25) is 9.10 Å². The lowest BCUT2D eigenvalue weighted by atomic mass is 10.2. The second-order valence-electron chi connectivity index (χ2n) is 5.00. The Balaban J connectivity index is 2.15. The van der Waals surface area contributed by atoms with Gasteiger partial charge in [-0.2, -0.15) is 0 Å². The van der Waals surface area contributed by atoms with Crippen LogP contribution in [-0.2, 0) is 10.0 Å². The highest BCUT2D eigenvalue weighted by atomic mass is 79.9. The molecule has 0 saturated carbocycles. The van der Waals surface area contributed by atoms with Gasteiger partial charge in [-0.15, -0.1) is 0 Å². The van der Waals surface area contributed by atoms with Gasteiger partial charge >= 0.3 is 0 Å². The standard InChI is InChI=1S/C16H16BrClN2O3S/c1-3-24(22,23)20(2)13-7-4-11(5-8-13)16(21)19-12-6-9-14(17)15(18)10-12/h4-10H,3H2,1-2H3,(H,19,21). The first kappa shape index (κ1) is 18.8. The molecule has 0 fully saturated rings. The number of sulfonamides is 1. The second kappa shape index (κ2) is 7.55. The van der Waals surface area contributed by atoms with Gasteiger partial charge in [0.2, 0.25) is 10.0 Å². The number of anilines is 2. The molecule has 5 nitrogen and oxygen atoms in total. The van der Waals surface area contributed by atoms with Crippen LogP contribution in [-0.4, -0.2) is 27.1 Å². The van der Waals surface area contributed by atoms with E-state index < -0.39 is 10.0 Å². The number of rotatable bonds is 5. The highest BCUT2D eigenvalue weighted by Crippen LogP contribution is 2.26. The quantitative estimate of drug-likeness (QED) is 0.773. The average molecular weight is 432 g/mol. The number of hydrogen-bond acceptors (Lipinski definition) is 3. The molecule has 2 aromatic rings. The van der Waals surface area contributed by atoms with Crippen LogP contribution in [0.2, 0.25) is 5.02 Å². The minimum atomic E-state index is -3.33. The maximum absolute atomic E-state index is 12.2. The number of carbonyl (C=O) groups is 1. The van der Waals surface area contributed by atoms with Crippen LogP contribution in [0.15, 0.2) is 46.9 Å². The Bertz CT molecular complexity index is 854. The molecule has 128 valence electrons. The lowest BCUT2D eigenvalue weighted by Gasteiger charge is -2.18. The van der Waals surface area contributed by atoms with Gasteiger partial charge in [-0.1, -0.05) is 11.6 Å². The highest BCUT2D eigenvalue weighted by Gasteiger charge is 2.16. The number of carbonyl (C=O) groups excluding carboxylic acids is 1. The van der Waals surface area contributed by atoms with Crippen molar-refractivity contribution in [1.29, 1.82) is 0 Å². The lowest BCUT2D eigenvalue weighted by Crippen LogP contribution is -2.28. The zero-order valence-corrected chi connectivity index (χ0v) is 16.2.